The summed E-state index contributed by atoms with van der Waals surface area (Å²) in [6, 6.07) is 5.13. The summed E-state index contributed by atoms with van der Waals surface area (Å²) in [5.74, 6) is 0.388. The lowest BCUT2D eigenvalue weighted by molar-refractivity contribution is 0.466. The van der Waals surface area contributed by atoms with Crippen LogP contribution in [0.15, 0.2) is 27.8 Å². The summed E-state index contributed by atoms with van der Waals surface area (Å²) in [5, 5.41) is 8.80. The van der Waals surface area contributed by atoms with Crippen molar-refractivity contribution in [2.24, 2.45) is 0 Å². The highest BCUT2D eigenvalue weighted by molar-refractivity contribution is 7.98. The highest BCUT2D eigenvalue weighted by atomic mass is 35.5. The number of rotatable bonds is 2. The Balaban J connectivity index is 2.48. The third-order valence-electron chi connectivity index (χ3n) is 1.83. The van der Waals surface area contributed by atoms with Gasteiger partial charge in [0.2, 0.25) is 0 Å². The second-order valence-electron chi connectivity index (χ2n) is 2.81. The first kappa shape index (κ1) is 10.3. The van der Waals surface area contributed by atoms with Crippen LogP contribution >= 0.6 is 23.4 Å². The second-order valence-corrected chi connectivity index (χ2v) is 4.00. The highest BCUT2D eigenvalue weighted by Gasteiger charge is 2.11. The van der Waals surface area contributed by atoms with Crippen LogP contribution in [0.2, 0.25) is 5.02 Å². The Labute approximate surface area is 95.8 Å². The molecule has 0 fully saturated rings. The molecule has 0 unspecified atom stereocenters. The molecule has 0 amide bonds. The van der Waals surface area contributed by atoms with Crippen LogP contribution in [0.3, 0.4) is 0 Å². The number of nitrogens with zero attached hydrogens (tertiary/aromatic N) is 2. The van der Waals surface area contributed by atoms with Crippen LogP contribution in [0.1, 0.15) is 0 Å². The van der Waals surface area contributed by atoms with E-state index in [9.17, 15) is 0 Å². The maximum Gasteiger partial charge on any atom is 0.276 e. The van der Waals surface area contributed by atoms with Crippen molar-refractivity contribution >= 4 is 29.1 Å². The summed E-state index contributed by atoms with van der Waals surface area (Å²) in [7, 11) is 0. The van der Waals surface area contributed by atoms with E-state index in [1.165, 1.54) is 11.8 Å². The molecule has 2 N–H and O–H groups in total. The molecule has 0 spiro atoms. The predicted octanol–water partition coefficient (Wildman–Crippen LogP) is 2.69. The van der Waals surface area contributed by atoms with Crippen molar-refractivity contribution in [1.29, 1.82) is 0 Å². The minimum absolute atomic E-state index is 0.388. The molecule has 2 aromatic rings. The molecular formula is C9H8ClN3OS. The largest absolute Gasteiger partial charge is 0.411 e. The SMILES string of the molecule is CSc1nnc(-c2cc(Cl)ccc2N)o1. The summed E-state index contributed by atoms with van der Waals surface area (Å²) < 4.78 is 5.36. The van der Waals surface area contributed by atoms with Crippen LogP contribution in [-0.2, 0) is 0 Å². The van der Waals surface area contributed by atoms with Crippen molar-refractivity contribution in [2.75, 3.05) is 12.0 Å². The molecule has 2 rings (SSSR count). The third kappa shape index (κ3) is 2.08. The standard InChI is InChI=1S/C9H8ClN3OS/c1-15-9-13-12-8(14-9)6-4-5(10)2-3-7(6)11/h2-4H,11H2,1H3. The van der Waals surface area contributed by atoms with Gasteiger partial charge in [0.05, 0.1) is 5.56 Å². The first-order valence-corrected chi connectivity index (χ1v) is 5.74. The first-order chi connectivity index (χ1) is 7.20. The van der Waals surface area contributed by atoms with E-state index >= 15 is 0 Å². The van der Waals surface area contributed by atoms with Gasteiger partial charge in [-0.2, -0.15) is 0 Å². The average Bonchev–Trinajstić information content (AvgIpc) is 2.70. The molecular weight excluding hydrogens is 234 g/mol. The van der Waals surface area contributed by atoms with E-state index in [-0.39, 0.29) is 0 Å². The fourth-order valence-electron chi connectivity index (χ4n) is 1.11. The minimum atomic E-state index is 0.388. The normalized spacial score (nSPS) is 10.5. The third-order valence-corrected chi connectivity index (χ3v) is 2.58. The summed E-state index contributed by atoms with van der Waals surface area (Å²) in [6.07, 6.45) is 1.86. The summed E-state index contributed by atoms with van der Waals surface area (Å²) >= 11 is 7.24. The first-order valence-electron chi connectivity index (χ1n) is 4.13. The molecule has 0 saturated heterocycles. The highest BCUT2D eigenvalue weighted by Crippen LogP contribution is 2.29. The lowest BCUT2D eigenvalue weighted by Crippen LogP contribution is -1.89. The molecule has 6 heteroatoms. The van der Waals surface area contributed by atoms with E-state index < -0.39 is 0 Å². The monoisotopic (exact) mass is 241 g/mol. The fraction of sp³-hybridized carbons (Fsp3) is 0.111. The minimum Gasteiger partial charge on any atom is -0.411 e. The lowest BCUT2D eigenvalue weighted by atomic mass is 10.2. The Kier molecular flexibility index (Phi) is 2.83. The molecule has 78 valence electrons. The van der Waals surface area contributed by atoms with E-state index in [2.05, 4.69) is 10.2 Å². The van der Waals surface area contributed by atoms with E-state index in [4.69, 9.17) is 21.8 Å². The molecule has 1 heterocycles. The number of nitrogen functional groups attached to an aromatic ring is 1. The van der Waals surface area contributed by atoms with Crippen LogP contribution in [0.4, 0.5) is 5.69 Å². The van der Waals surface area contributed by atoms with Gasteiger partial charge in [-0.25, -0.2) is 0 Å². The smallest absolute Gasteiger partial charge is 0.276 e. The molecule has 0 atom stereocenters. The van der Waals surface area contributed by atoms with Gasteiger partial charge < -0.3 is 10.2 Å². The zero-order valence-electron chi connectivity index (χ0n) is 7.90. The van der Waals surface area contributed by atoms with Gasteiger partial charge in [0, 0.05) is 10.7 Å². The van der Waals surface area contributed by atoms with Gasteiger partial charge in [0.25, 0.3) is 11.1 Å². The quantitative estimate of drug-likeness (QED) is 0.647. The van der Waals surface area contributed by atoms with E-state index in [0.717, 1.165) is 0 Å². The van der Waals surface area contributed by atoms with Gasteiger partial charge in [-0.05, 0) is 24.5 Å². The topological polar surface area (TPSA) is 64.9 Å². The zero-order chi connectivity index (χ0) is 10.8. The molecule has 1 aromatic carbocycles. The number of aromatic nitrogens is 2. The van der Waals surface area contributed by atoms with E-state index in [1.807, 2.05) is 6.26 Å². The van der Waals surface area contributed by atoms with Crippen molar-refractivity contribution < 1.29 is 4.42 Å². The van der Waals surface area contributed by atoms with Crippen LogP contribution in [0.25, 0.3) is 11.5 Å². The molecule has 0 bridgehead atoms. The molecule has 0 radical (unpaired) electrons. The molecule has 1 aromatic heterocycles. The molecule has 0 aliphatic heterocycles. The lowest BCUT2D eigenvalue weighted by Gasteiger charge is -2.00. The van der Waals surface area contributed by atoms with Gasteiger partial charge in [-0.15, -0.1) is 10.2 Å². The Bertz CT molecular complexity index is 486. The van der Waals surface area contributed by atoms with Crippen molar-refractivity contribution in [1.82, 2.24) is 10.2 Å². The second kappa shape index (κ2) is 4.12. The van der Waals surface area contributed by atoms with Crippen LogP contribution in [0, 0.1) is 0 Å². The zero-order valence-corrected chi connectivity index (χ0v) is 9.47. The number of benzene rings is 1. The average molecular weight is 242 g/mol. The number of hydrogen-bond acceptors (Lipinski definition) is 5. The number of hydrogen-bond donors (Lipinski definition) is 1. The van der Waals surface area contributed by atoms with Crippen LogP contribution < -0.4 is 5.73 Å². The molecule has 0 saturated carbocycles. The molecule has 4 nitrogen and oxygen atoms in total. The number of nitrogens with two attached hydrogens (primary N) is 1. The van der Waals surface area contributed by atoms with Gasteiger partial charge in [-0.1, -0.05) is 23.4 Å². The fourth-order valence-corrected chi connectivity index (χ4v) is 1.57. The number of anilines is 1. The van der Waals surface area contributed by atoms with Crippen molar-refractivity contribution in [3.05, 3.63) is 23.2 Å². The predicted molar refractivity (Wildman–Crippen MR) is 60.9 cm³/mol. The molecule has 15 heavy (non-hydrogen) atoms. The Morgan fingerprint density at radius 2 is 2.20 bits per heavy atom. The van der Waals surface area contributed by atoms with Crippen molar-refractivity contribution in [3.63, 3.8) is 0 Å². The van der Waals surface area contributed by atoms with Gasteiger partial charge >= 0.3 is 0 Å². The Morgan fingerprint density at radius 3 is 2.87 bits per heavy atom. The van der Waals surface area contributed by atoms with E-state index in [0.29, 0.717) is 27.4 Å². The Morgan fingerprint density at radius 1 is 1.40 bits per heavy atom. The van der Waals surface area contributed by atoms with Gasteiger partial charge in [0.1, 0.15) is 0 Å². The summed E-state index contributed by atoms with van der Waals surface area (Å²) in [4.78, 5) is 0. The van der Waals surface area contributed by atoms with Crippen LogP contribution in [0.5, 0.6) is 0 Å². The van der Waals surface area contributed by atoms with Gasteiger partial charge in [0.15, 0.2) is 0 Å². The summed E-state index contributed by atoms with van der Waals surface area (Å²) in [5.41, 5.74) is 7.01. The molecule has 0 aliphatic carbocycles. The van der Waals surface area contributed by atoms with E-state index in [1.54, 1.807) is 18.2 Å². The maximum atomic E-state index is 5.86. The van der Waals surface area contributed by atoms with Crippen LogP contribution in [-0.4, -0.2) is 16.5 Å². The Hall–Kier alpha value is -1.20. The van der Waals surface area contributed by atoms with Gasteiger partial charge in [-0.3, -0.25) is 0 Å². The van der Waals surface area contributed by atoms with Crippen molar-refractivity contribution in [2.45, 2.75) is 5.22 Å². The number of thioether (sulfide) groups is 1. The molecule has 0 aliphatic rings. The maximum absolute atomic E-state index is 5.86. The number of halogens is 1. The summed E-state index contributed by atoms with van der Waals surface area (Å²) in [6.45, 7) is 0. The van der Waals surface area contributed by atoms with Crippen molar-refractivity contribution in [3.8, 4) is 11.5 Å².